The van der Waals surface area contributed by atoms with Gasteiger partial charge >= 0.3 is 0 Å². The Balaban J connectivity index is 2.05. The normalized spacial score (nSPS) is 12.7. The van der Waals surface area contributed by atoms with Crippen LogP contribution in [0, 0.1) is 5.82 Å². The molecule has 0 saturated heterocycles. The highest BCUT2D eigenvalue weighted by Crippen LogP contribution is 2.28. The first-order valence-electron chi connectivity index (χ1n) is 6.60. The Hall–Kier alpha value is -2.20. The lowest BCUT2D eigenvalue weighted by Gasteiger charge is -2.15. The average Bonchev–Trinajstić information content (AvgIpc) is 2.88. The number of halogens is 1. The van der Waals surface area contributed by atoms with E-state index < -0.39 is 0 Å². The van der Waals surface area contributed by atoms with Crippen LogP contribution in [-0.4, -0.2) is 11.5 Å². The Bertz CT molecular complexity index is 709. The van der Waals surface area contributed by atoms with Crippen molar-refractivity contribution in [2.45, 2.75) is 13.0 Å². The van der Waals surface area contributed by atoms with Gasteiger partial charge in [-0.3, -0.25) is 4.98 Å². The van der Waals surface area contributed by atoms with Crippen molar-refractivity contribution in [2.75, 3.05) is 6.54 Å². The number of benzene rings is 1. The predicted octanol–water partition coefficient (Wildman–Crippen LogP) is 3.67. The lowest BCUT2D eigenvalue weighted by molar-refractivity contribution is 0.476. The van der Waals surface area contributed by atoms with Crippen molar-refractivity contribution in [3.05, 3.63) is 65.9 Å². The molecule has 0 spiro atoms. The third-order valence-corrected chi connectivity index (χ3v) is 3.23. The maximum absolute atomic E-state index is 13.3. The highest BCUT2D eigenvalue weighted by atomic mass is 19.1. The van der Waals surface area contributed by atoms with Gasteiger partial charge in [-0.25, -0.2) is 4.39 Å². The molecule has 3 rings (SSSR count). The number of rotatable bonds is 4. The molecule has 2 heterocycles. The van der Waals surface area contributed by atoms with E-state index in [1.54, 1.807) is 18.5 Å². The van der Waals surface area contributed by atoms with Crippen LogP contribution in [0.5, 0.6) is 0 Å². The van der Waals surface area contributed by atoms with Crippen LogP contribution in [0.25, 0.3) is 11.0 Å². The molecule has 0 amide bonds. The van der Waals surface area contributed by atoms with Gasteiger partial charge in [0.1, 0.15) is 17.2 Å². The van der Waals surface area contributed by atoms with Crippen molar-refractivity contribution in [2.24, 2.45) is 0 Å². The molecular weight excluding hydrogens is 255 g/mol. The molecule has 0 fully saturated rings. The Morgan fingerprint density at radius 3 is 2.75 bits per heavy atom. The lowest BCUT2D eigenvalue weighted by Crippen LogP contribution is -2.21. The van der Waals surface area contributed by atoms with E-state index in [0.717, 1.165) is 23.3 Å². The van der Waals surface area contributed by atoms with Crippen LogP contribution in [0.2, 0.25) is 0 Å². The van der Waals surface area contributed by atoms with E-state index in [9.17, 15) is 4.39 Å². The van der Waals surface area contributed by atoms with Crippen molar-refractivity contribution < 1.29 is 8.81 Å². The zero-order valence-electron chi connectivity index (χ0n) is 11.1. The Morgan fingerprint density at radius 1 is 1.20 bits per heavy atom. The molecule has 3 nitrogen and oxygen atoms in total. The summed E-state index contributed by atoms with van der Waals surface area (Å²) >= 11 is 0. The van der Waals surface area contributed by atoms with Crippen molar-refractivity contribution in [3.63, 3.8) is 0 Å². The quantitative estimate of drug-likeness (QED) is 0.786. The maximum Gasteiger partial charge on any atom is 0.134 e. The van der Waals surface area contributed by atoms with Crippen molar-refractivity contribution in [1.29, 1.82) is 0 Å². The molecular formula is C16H15FN2O. The Kier molecular flexibility index (Phi) is 3.48. The third kappa shape index (κ3) is 2.42. The second-order valence-electron chi connectivity index (χ2n) is 4.60. The standard InChI is InChI=1S/C16H15FN2O/c1-2-19-16(11-5-7-18-8-6-11)15-10-12-9-13(17)3-4-14(12)20-15/h3-10,16,19H,2H2,1H3. The van der Waals surface area contributed by atoms with Crippen LogP contribution in [0.4, 0.5) is 4.39 Å². The zero-order chi connectivity index (χ0) is 13.9. The van der Waals surface area contributed by atoms with E-state index in [2.05, 4.69) is 10.3 Å². The number of nitrogens with one attached hydrogen (secondary N) is 1. The van der Waals surface area contributed by atoms with Crippen LogP contribution in [-0.2, 0) is 0 Å². The van der Waals surface area contributed by atoms with Crippen LogP contribution in [0.3, 0.4) is 0 Å². The van der Waals surface area contributed by atoms with Gasteiger partial charge in [0, 0.05) is 17.8 Å². The maximum atomic E-state index is 13.3. The van der Waals surface area contributed by atoms with Crippen molar-refractivity contribution in [1.82, 2.24) is 10.3 Å². The molecule has 0 radical (unpaired) electrons. The highest BCUT2D eigenvalue weighted by Gasteiger charge is 2.17. The number of aromatic nitrogens is 1. The molecule has 1 aromatic carbocycles. The fourth-order valence-electron chi connectivity index (χ4n) is 2.32. The molecule has 0 bridgehead atoms. The molecule has 20 heavy (non-hydrogen) atoms. The fourth-order valence-corrected chi connectivity index (χ4v) is 2.32. The van der Waals surface area contributed by atoms with E-state index in [4.69, 9.17) is 4.42 Å². The zero-order valence-corrected chi connectivity index (χ0v) is 11.1. The second-order valence-corrected chi connectivity index (χ2v) is 4.60. The first kappa shape index (κ1) is 12.8. The molecule has 0 saturated carbocycles. The van der Waals surface area contributed by atoms with Gasteiger partial charge in [0.05, 0.1) is 6.04 Å². The number of hydrogen-bond acceptors (Lipinski definition) is 3. The lowest BCUT2D eigenvalue weighted by atomic mass is 10.1. The summed E-state index contributed by atoms with van der Waals surface area (Å²) in [6.45, 7) is 2.84. The summed E-state index contributed by atoms with van der Waals surface area (Å²) in [5.74, 6) is 0.521. The molecule has 1 N–H and O–H groups in total. The highest BCUT2D eigenvalue weighted by molar-refractivity contribution is 5.78. The van der Waals surface area contributed by atoms with Gasteiger partial charge in [0.2, 0.25) is 0 Å². The van der Waals surface area contributed by atoms with Crippen LogP contribution in [0.15, 0.2) is 53.2 Å². The molecule has 0 aliphatic heterocycles. The van der Waals surface area contributed by atoms with Crippen LogP contribution >= 0.6 is 0 Å². The largest absolute Gasteiger partial charge is 0.459 e. The molecule has 0 aliphatic carbocycles. The Morgan fingerprint density at radius 2 is 2.00 bits per heavy atom. The smallest absolute Gasteiger partial charge is 0.134 e. The van der Waals surface area contributed by atoms with E-state index >= 15 is 0 Å². The first-order valence-corrected chi connectivity index (χ1v) is 6.60. The monoisotopic (exact) mass is 270 g/mol. The van der Waals surface area contributed by atoms with Crippen LogP contribution in [0.1, 0.15) is 24.3 Å². The Labute approximate surface area is 116 Å². The van der Waals surface area contributed by atoms with E-state index in [0.29, 0.717) is 5.58 Å². The molecule has 0 aliphatic rings. The number of furan rings is 1. The molecule has 2 aromatic heterocycles. The molecule has 3 aromatic rings. The topological polar surface area (TPSA) is 38.1 Å². The van der Waals surface area contributed by atoms with Gasteiger partial charge in [-0.1, -0.05) is 6.92 Å². The summed E-state index contributed by atoms with van der Waals surface area (Å²) in [6.07, 6.45) is 3.50. The average molecular weight is 270 g/mol. The molecule has 102 valence electrons. The minimum absolute atomic E-state index is 0.0570. The number of pyridine rings is 1. The van der Waals surface area contributed by atoms with Gasteiger partial charge < -0.3 is 9.73 Å². The number of fused-ring (bicyclic) bond motifs is 1. The summed E-state index contributed by atoms with van der Waals surface area (Å²) in [6, 6.07) is 10.3. The van der Waals surface area contributed by atoms with Crippen molar-refractivity contribution in [3.8, 4) is 0 Å². The number of nitrogens with zero attached hydrogens (tertiary/aromatic N) is 1. The van der Waals surface area contributed by atoms with E-state index in [1.807, 2.05) is 25.1 Å². The van der Waals surface area contributed by atoms with E-state index in [1.165, 1.54) is 12.1 Å². The number of hydrogen-bond donors (Lipinski definition) is 1. The van der Waals surface area contributed by atoms with Gasteiger partial charge in [-0.15, -0.1) is 0 Å². The summed E-state index contributed by atoms with van der Waals surface area (Å²) < 4.78 is 19.1. The summed E-state index contributed by atoms with van der Waals surface area (Å²) in [7, 11) is 0. The summed E-state index contributed by atoms with van der Waals surface area (Å²) in [5, 5.41) is 4.15. The molecule has 1 unspecified atom stereocenters. The minimum Gasteiger partial charge on any atom is -0.459 e. The minimum atomic E-state index is -0.256. The van der Waals surface area contributed by atoms with Crippen molar-refractivity contribution >= 4 is 11.0 Å². The predicted molar refractivity (Wildman–Crippen MR) is 75.9 cm³/mol. The van der Waals surface area contributed by atoms with Gasteiger partial charge in [0.15, 0.2) is 0 Å². The second kappa shape index (κ2) is 5.43. The molecule has 4 heteroatoms. The van der Waals surface area contributed by atoms with Gasteiger partial charge in [-0.05, 0) is 48.5 Å². The summed E-state index contributed by atoms with van der Waals surface area (Å²) in [5.41, 5.74) is 1.76. The fraction of sp³-hybridized carbons (Fsp3) is 0.188. The van der Waals surface area contributed by atoms with Gasteiger partial charge in [-0.2, -0.15) is 0 Å². The third-order valence-electron chi connectivity index (χ3n) is 3.23. The van der Waals surface area contributed by atoms with Gasteiger partial charge in [0.25, 0.3) is 0 Å². The van der Waals surface area contributed by atoms with E-state index in [-0.39, 0.29) is 11.9 Å². The SMILES string of the molecule is CCNC(c1ccncc1)c1cc2cc(F)ccc2o1. The van der Waals surface area contributed by atoms with Crippen LogP contribution < -0.4 is 5.32 Å². The first-order chi connectivity index (χ1) is 9.78. The molecule has 1 atom stereocenters. The summed E-state index contributed by atoms with van der Waals surface area (Å²) in [4.78, 5) is 4.03.